The van der Waals surface area contributed by atoms with Crippen molar-refractivity contribution in [1.82, 2.24) is 4.98 Å². The maximum Gasteiger partial charge on any atom is 0.0715 e. The summed E-state index contributed by atoms with van der Waals surface area (Å²) in [5.74, 6) is 0. The predicted octanol–water partition coefficient (Wildman–Crippen LogP) is 12.4. The lowest BCUT2D eigenvalue weighted by atomic mass is 9.81. The van der Waals surface area contributed by atoms with E-state index in [9.17, 15) is 0 Å². The molecule has 0 fully saturated rings. The van der Waals surface area contributed by atoms with Crippen LogP contribution in [0.5, 0.6) is 0 Å². The van der Waals surface area contributed by atoms with E-state index in [-0.39, 0.29) is 5.41 Å². The Kier molecular flexibility index (Phi) is 6.23. The molecular formula is C46H33N. The van der Waals surface area contributed by atoms with Gasteiger partial charge < -0.3 is 0 Å². The van der Waals surface area contributed by atoms with Gasteiger partial charge in [-0.15, -0.1) is 0 Å². The molecule has 1 heterocycles. The molecule has 8 aromatic rings. The summed E-state index contributed by atoms with van der Waals surface area (Å²) in [5.41, 5.74) is 16.0. The molecule has 1 aliphatic rings. The summed E-state index contributed by atoms with van der Waals surface area (Å²) >= 11 is 0. The molecule has 0 bridgehead atoms. The van der Waals surface area contributed by atoms with Crippen molar-refractivity contribution < 1.29 is 0 Å². The summed E-state index contributed by atoms with van der Waals surface area (Å²) in [6.07, 6.45) is 0. The molecule has 47 heavy (non-hydrogen) atoms. The molecule has 0 saturated heterocycles. The monoisotopic (exact) mass is 599 g/mol. The molecule has 7 aromatic carbocycles. The number of fused-ring (bicyclic) bond motifs is 5. The van der Waals surface area contributed by atoms with Crippen molar-refractivity contribution in [3.05, 3.63) is 175 Å². The summed E-state index contributed by atoms with van der Waals surface area (Å²) in [6.45, 7) is 4.69. The van der Waals surface area contributed by atoms with Crippen molar-refractivity contribution in [2.75, 3.05) is 0 Å². The highest BCUT2D eigenvalue weighted by molar-refractivity contribution is 5.97. The smallest absolute Gasteiger partial charge is 0.0715 e. The summed E-state index contributed by atoms with van der Waals surface area (Å²) < 4.78 is 0. The number of pyridine rings is 1. The molecule has 1 nitrogen and oxygen atoms in total. The van der Waals surface area contributed by atoms with Crippen LogP contribution in [-0.4, -0.2) is 4.98 Å². The van der Waals surface area contributed by atoms with Crippen LogP contribution in [0, 0.1) is 0 Å². The van der Waals surface area contributed by atoms with Gasteiger partial charge in [0.05, 0.1) is 11.2 Å². The molecule has 9 rings (SSSR count). The van der Waals surface area contributed by atoms with E-state index in [2.05, 4.69) is 172 Å². The lowest BCUT2D eigenvalue weighted by Crippen LogP contribution is -2.14. The molecule has 0 N–H and O–H groups in total. The van der Waals surface area contributed by atoms with Crippen LogP contribution in [0.3, 0.4) is 0 Å². The predicted molar refractivity (Wildman–Crippen MR) is 199 cm³/mol. The van der Waals surface area contributed by atoms with Crippen molar-refractivity contribution in [2.45, 2.75) is 19.3 Å². The van der Waals surface area contributed by atoms with Gasteiger partial charge in [-0.25, -0.2) is 4.98 Å². The molecular weight excluding hydrogens is 567 g/mol. The van der Waals surface area contributed by atoms with Crippen molar-refractivity contribution >= 4 is 21.7 Å². The molecule has 1 aromatic heterocycles. The van der Waals surface area contributed by atoms with Gasteiger partial charge in [0.1, 0.15) is 0 Å². The van der Waals surface area contributed by atoms with E-state index in [1.165, 1.54) is 66.4 Å². The van der Waals surface area contributed by atoms with Crippen molar-refractivity contribution in [1.29, 1.82) is 0 Å². The van der Waals surface area contributed by atoms with E-state index in [0.29, 0.717) is 0 Å². The quantitative estimate of drug-likeness (QED) is 0.196. The molecule has 1 aliphatic carbocycles. The topological polar surface area (TPSA) is 12.9 Å². The highest BCUT2D eigenvalue weighted by Crippen LogP contribution is 2.49. The van der Waals surface area contributed by atoms with Gasteiger partial charge in [-0.3, -0.25) is 0 Å². The number of rotatable bonds is 4. The molecule has 0 saturated carbocycles. The lowest BCUT2D eigenvalue weighted by molar-refractivity contribution is 0.660. The standard InChI is InChI=1S/C46H33N/c1-46(2)42-14-8-6-12-38(42)39-25-24-37(28-43(39)46)36-23-22-34-26-33(20-21-35(34)27-36)30-16-18-31(19-17-30)41-29-45(32-10-4-3-5-11-32)47-44-15-9-7-13-40(41)44/h3-29H,1-2H3. The van der Waals surface area contributed by atoms with Crippen LogP contribution in [0.2, 0.25) is 0 Å². The first-order chi connectivity index (χ1) is 23.0. The van der Waals surface area contributed by atoms with Gasteiger partial charge >= 0.3 is 0 Å². The van der Waals surface area contributed by atoms with Gasteiger partial charge in [0.2, 0.25) is 0 Å². The number of para-hydroxylation sites is 1. The maximum atomic E-state index is 4.98. The number of hydrogen-bond donors (Lipinski definition) is 0. The van der Waals surface area contributed by atoms with Crippen LogP contribution in [0.4, 0.5) is 0 Å². The first kappa shape index (κ1) is 27.5. The second-order valence-corrected chi connectivity index (χ2v) is 13.2. The molecule has 0 atom stereocenters. The number of nitrogens with zero attached hydrogens (tertiary/aromatic N) is 1. The molecule has 0 amide bonds. The zero-order chi connectivity index (χ0) is 31.5. The van der Waals surface area contributed by atoms with E-state index < -0.39 is 0 Å². The fraction of sp³-hybridized carbons (Fsp3) is 0.0652. The average molecular weight is 600 g/mol. The maximum absolute atomic E-state index is 4.98. The van der Waals surface area contributed by atoms with Crippen molar-refractivity contribution in [2.24, 2.45) is 0 Å². The van der Waals surface area contributed by atoms with E-state index in [0.717, 1.165) is 22.2 Å². The normalized spacial score (nSPS) is 13.1. The zero-order valence-electron chi connectivity index (χ0n) is 26.5. The van der Waals surface area contributed by atoms with E-state index >= 15 is 0 Å². The van der Waals surface area contributed by atoms with Gasteiger partial charge in [-0.1, -0.05) is 147 Å². The first-order valence-corrected chi connectivity index (χ1v) is 16.4. The summed E-state index contributed by atoms with van der Waals surface area (Å²) in [6, 6.07) is 59.6. The second-order valence-electron chi connectivity index (χ2n) is 13.2. The Bertz CT molecular complexity index is 2470. The van der Waals surface area contributed by atoms with E-state index in [1.54, 1.807) is 0 Å². The van der Waals surface area contributed by atoms with Crippen LogP contribution in [-0.2, 0) is 5.41 Å². The highest BCUT2D eigenvalue weighted by Gasteiger charge is 2.35. The fourth-order valence-corrected chi connectivity index (χ4v) is 7.50. The van der Waals surface area contributed by atoms with Crippen molar-refractivity contribution in [3.63, 3.8) is 0 Å². The minimum atomic E-state index is -0.00207. The molecule has 0 unspecified atom stereocenters. The third-order valence-corrected chi connectivity index (χ3v) is 10.1. The Labute approximate surface area is 275 Å². The average Bonchev–Trinajstić information content (AvgIpc) is 3.36. The Balaban J connectivity index is 1.04. The van der Waals surface area contributed by atoms with Gasteiger partial charge in [0.15, 0.2) is 0 Å². The van der Waals surface area contributed by atoms with Gasteiger partial charge in [0.25, 0.3) is 0 Å². The number of hydrogen-bond acceptors (Lipinski definition) is 1. The molecule has 0 spiro atoms. The Morgan fingerprint density at radius 2 is 0.957 bits per heavy atom. The first-order valence-electron chi connectivity index (χ1n) is 16.4. The zero-order valence-corrected chi connectivity index (χ0v) is 26.5. The van der Waals surface area contributed by atoms with Gasteiger partial charge in [-0.05, 0) is 96.7 Å². The summed E-state index contributed by atoms with van der Waals surface area (Å²) in [7, 11) is 0. The fourth-order valence-electron chi connectivity index (χ4n) is 7.50. The van der Waals surface area contributed by atoms with E-state index in [1.807, 2.05) is 6.07 Å². The SMILES string of the molecule is CC1(C)c2ccccc2-c2ccc(-c3ccc4cc(-c5ccc(-c6cc(-c7ccccc7)nc7ccccc67)cc5)ccc4c3)cc21. The molecule has 0 radical (unpaired) electrons. The third kappa shape index (κ3) is 4.58. The second kappa shape index (κ2) is 10.6. The minimum Gasteiger partial charge on any atom is -0.248 e. The molecule has 222 valence electrons. The summed E-state index contributed by atoms with van der Waals surface area (Å²) in [5, 5.41) is 3.66. The number of benzene rings is 7. The number of aromatic nitrogens is 1. The van der Waals surface area contributed by atoms with Crippen LogP contribution >= 0.6 is 0 Å². The van der Waals surface area contributed by atoms with Gasteiger partial charge in [0, 0.05) is 16.4 Å². The van der Waals surface area contributed by atoms with Crippen LogP contribution in [0.1, 0.15) is 25.0 Å². The Morgan fingerprint density at radius 1 is 0.383 bits per heavy atom. The van der Waals surface area contributed by atoms with Gasteiger partial charge in [-0.2, -0.15) is 0 Å². The highest BCUT2D eigenvalue weighted by atomic mass is 14.7. The Morgan fingerprint density at radius 3 is 1.74 bits per heavy atom. The Hall–Kier alpha value is -5.79. The van der Waals surface area contributed by atoms with Crippen LogP contribution in [0.15, 0.2) is 164 Å². The molecule has 0 aliphatic heterocycles. The summed E-state index contributed by atoms with van der Waals surface area (Å²) in [4.78, 5) is 4.98. The van der Waals surface area contributed by atoms with Crippen molar-refractivity contribution in [3.8, 4) is 55.8 Å². The van der Waals surface area contributed by atoms with Crippen LogP contribution in [0.25, 0.3) is 77.4 Å². The third-order valence-electron chi connectivity index (χ3n) is 10.1. The van der Waals surface area contributed by atoms with Crippen LogP contribution < -0.4 is 0 Å². The lowest BCUT2D eigenvalue weighted by Gasteiger charge is -2.22. The molecule has 1 heteroatoms. The largest absolute Gasteiger partial charge is 0.248 e. The minimum absolute atomic E-state index is 0.00207. The van der Waals surface area contributed by atoms with E-state index in [4.69, 9.17) is 4.98 Å².